The molecule has 0 spiro atoms. The van der Waals surface area contributed by atoms with Gasteiger partial charge in [0.15, 0.2) is 0 Å². The van der Waals surface area contributed by atoms with Gasteiger partial charge in [-0.25, -0.2) is 4.98 Å². The number of rotatable bonds is 5. The van der Waals surface area contributed by atoms with Gasteiger partial charge >= 0.3 is 0 Å². The van der Waals surface area contributed by atoms with Crippen LogP contribution >= 0.6 is 0 Å². The molecule has 1 saturated heterocycles. The monoisotopic (exact) mass is 429 g/mol. The molecule has 0 radical (unpaired) electrons. The van der Waals surface area contributed by atoms with Crippen LogP contribution < -0.4 is 9.80 Å². The van der Waals surface area contributed by atoms with Crippen molar-refractivity contribution in [3.63, 3.8) is 0 Å². The lowest BCUT2D eigenvalue weighted by Crippen LogP contribution is -2.47. The second kappa shape index (κ2) is 9.37. The Hall–Kier alpha value is -2.79. The maximum Gasteiger partial charge on any atom is 0.142 e. The van der Waals surface area contributed by atoms with E-state index in [9.17, 15) is 0 Å². The van der Waals surface area contributed by atoms with Crippen molar-refractivity contribution in [2.24, 2.45) is 0 Å². The molecule has 2 aliphatic heterocycles. The highest BCUT2D eigenvalue weighted by atomic mass is 15.3. The predicted octanol–water partition coefficient (Wildman–Crippen LogP) is 4.71. The first-order valence-corrected chi connectivity index (χ1v) is 12.1. The molecule has 4 heterocycles. The highest BCUT2D eigenvalue weighted by Crippen LogP contribution is 2.25. The predicted molar refractivity (Wildman–Crippen MR) is 135 cm³/mol. The van der Waals surface area contributed by atoms with E-state index in [1.54, 1.807) is 5.57 Å². The van der Waals surface area contributed by atoms with E-state index in [1.807, 2.05) is 0 Å². The number of aryl methyl sites for hydroxylation is 2. The van der Waals surface area contributed by atoms with Crippen molar-refractivity contribution in [2.45, 2.75) is 32.7 Å². The molecule has 0 aliphatic carbocycles. The summed E-state index contributed by atoms with van der Waals surface area (Å²) in [6.07, 6.45) is 8.16. The van der Waals surface area contributed by atoms with E-state index in [0.717, 1.165) is 50.6 Å². The van der Waals surface area contributed by atoms with Crippen molar-refractivity contribution in [3.8, 4) is 0 Å². The Kier molecular flexibility index (Phi) is 6.17. The zero-order valence-electron chi connectivity index (χ0n) is 19.5. The van der Waals surface area contributed by atoms with Gasteiger partial charge in [0.2, 0.25) is 0 Å². The van der Waals surface area contributed by atoms with Crippen LogP contribution in [0, 0.1) is 6.92 Å². The summed E-state index contributed by atoms with van der Waals surface area (Å²) in [7, 11) is 2.22. The number of fused-ring (bicyclic) bond motifs is 1. The van der Waals surface area contributed by atoms with E-state index in [1.165, 1.54) is 42.6 Å². The van der Waals surface area contributed by atoms with Crippen LogP contribution in [0.1, 0.15) is 24.8 Å². The van der Waals surface area contributed by atoms with Crippen LogP contribution in [-0.4, -0.2) is 60.8 Å². The topological polar surface area (TPSA) is 27.5 Å². The molecule has 5 heteroatoms. The number of aromatic nitrogens is 2. The Labute approximate surface area is 191 Å². The smallest absolute Gasteiger partial charge is 0.142 e. The summed E-state index contributed by atoms with van der Waals surface area (Å²) in [6, 6.07) is 15.3. The van der Waals surface area contributed by atoms with Gasteiger partial charge in [-0.3, -0.25) is 0 Å². The number of nitrogens with zero attached hydrogens (tertiary/aromatic N) is 5. The quantitative estimate of drug-likeness (QED) is 0.549. The molecule has 0 N–H and O–H groups in total. The average Bonchev–Trinajstić information content (AvgIpc) is 3.11. The largest absolute Gasteiger partial charge is 0.368 e. The zero-order valence-corrected chi connectivity index (χ0v) is 19.5. The zero-order chi connectivity index (χ0) is 21.9. The second-order valence-corrected chi connectivity index (χ2v) is 9.31. The minimum Gasteiger partial charge on any atom is -0.368 e. The summed E-state index contributed by atoms with van der Waals surface area (Å²) in [6.45, 7) is 9.66. The van der Waals surface area contributed by atoms with Crippen LogP contribution in [0.15, 0.2) is 60.3 Å². The third kappa shape index (κ3) is 4.53. The van der Waals surface area contributed by atoms with Crippen LogP contribution in [0.5, 0.6) is 0 Å². The highest BCUT2D eigenvalue weighted by molar-refractivity contribution is 5.78. The van der Waals surface area contributed by atoms with E-state index >= 15 is 0 Å². The molecule has 32 heavy (non-hydrogen) atoms. The van der Waals surface area contributed by atoms with E-state index in [2.05, 4.69) is 88.0 Å². The average molecular weight is 430 g/mol. The number of hydrogen-bond acceptors (Lipinski definition) is 4. The molecule has 0 amide bonds. The summed E-state index contributed by atoms with van der Waals surface area (Å²) >= 11 is 0. The minimum absolute atomic E-state index is 1.01. The van der Waals surface area contributed by atoms with Gasteiger partial charge in [-0.05, 0) is 63.1 Å². The first-order chi connectivity index (χ1) is 15.7. The van der Waals surface area contributed by atoms with Crippen molar-refractivity contribution in [1.29, 1.82) is 0 Å². The molecule has 1 aromatic carbocycles. The summed E-state index contributed by atoms with van der Waals surface area (Å²) in [5.41, 5.74) is 5.44. The van der Waals surface area contributed by atoms with E-state index < -0.39 is 0 Å². The van der Waals surface area contributed by atoms with Gasteiger partial charge in [0.25, 0.3) is 0 Å². The van der Waals surface area contributed by atoms with Crippen LogP contribution in [0.2, 0.25) is 0 Å². The van der Waals surface area contributed by atoms with Gasteiger partial charge in [0.05, 0.1) is 0 Å². The molecule has 3 aromatic rings. The molecule has 2 aliphatic rings. The maximum atomic E-state index is 5.11. The Morgan fingerprint density at radius 3 is 2.53 bits per heavy atom. The number of para-hydroxylation sites is 1. The number of benzene rings is 1. The molecule has 168 valence electrons. The van der Waals surface area contributed by atoms with Crippen molar-refractivity contribution >= 4 is 22.5 Å². The fourth-order valence-corrected chi connectivity index (χ4v) is 5.03. The molecule has 0 atom stereocenters. The standard InChI is InChI=1S/C27H35N5/c1-22-6-3-4-8-25(22)30-18-20-31(21-19-30)26-10-9-24-13-17-32(27(24)28-26)16-12-23-7-5-14-29(2)15-11-23/h3-4,6-10,13,17H,5,11-12,14-16,18-21H2,1-2H3. The number of anilines is 2. The summed E-state index contributed by atoms with van der Waals surface area (Å²) in [5, 5.41) is 1.24. The van der Waals surface area contributed by atoms with Gasteiger partial charge in [-0.15, -0.1) is 0 Å². The first-order valence-electron chi connectivity index (χ1n) is 12.1. The number of piperazine rings is 1. The third-order valence-corrected chi connectivity index (χ3v) is 7.09. The molecule has 5 nitrogen and oxygen atoms in total. The highest BCUT2D eigenvalue weighted by Gasteiger charge is 2.20. The molecule has 0 saturated carbocycles. The van der Waals surface area contributed by atoms with Crippen LogP contribution in [0.3, 0.4) is 0 Å². The van der Waals surface area contributed by atoms with Gasteiger partial charge in [-0.1, -0.05) is 29.8 Å². The van der Waals surface area contributed by atoms with Crippen molar-refractivity contribution in [1.82, 2.24) is 14.5 Å². The Bertz CT molecular complexity index is 1090. The normalized spacial score (nSPS) is 18.1. The lowest BCUT2D eigenvalue weighted by molar-refractivity contribution is 0.352. The van der Waals surface area contributed by atoms with Gasteiger partial charge in [0, 0.05) is 63.1 Å². The third-order valence-electron chi connectivity index (χ3n) is 7.09. The lowest BCUT2D eigenvalue weighted by Gasteiger charge is -2.37. The number of hydrogen-bond donors (Lipinski definition) is 0. The SMILES string of the molecule is Cc1ccccc1N1CCN(c2ccc3ccn(CCC4=CCCN(C)CC4)c3n2)CC1. The van der Waals surface area contributed by atoms with E-state index in [4.69, 9.17) is 4.98 Å². The van der Waals surface area contributed by atoms with E-state index in [-0.39, 0.29) is 0 Å². The Morgan fingerprint density at radius 2 is 1.69 bits per heavy atom. The summed E-state index contributed by atoms with van der Waals surface area (Å²) < 4.78 is 2.35. The van der Waals surface area contributed by atoms with E-state index in [0.29, 0.717) is 0 Å². The molecular formula is C27H35N5. The molecule has 2 aromatic heterocycles. The van der Waals surface area contributed by atoms with Gasteiger partial charge in [-0.2, -0.15) is 0 Å². The van der Waals surface area contributed by atoms with Crippen LogP contribution in [0.25, 0.3) is 11.0 Å². The van der Waals surface area contributed by atoms with Gasteiger partial charge in [0.1, 0.15) is 11.5 Å². The molecule has 1 fully saturated rings. The van der Waals surface area contributed by atoms with Crippen molar-refractivity contribution in [3.05, 3.63) is 65.9 Å². The number of pyridine rings is 1. The van der Waals surface area contributed by atoms with Crippen molar-refractivity contribution in [2.75, 3.05) is 56.1 Å². The van der Waals surface area contributed by atoms with Crippen molar-refractivity contribution < 1.29 is 0 Å². The Morgan fingerprint density at radius 1 is 0.875 bits per heavy atom. The molecular weight excluding hydrogens is 394 g/mol. The fourth-order valence-electron chi connectivity index (χ4n) is 5.03. The lowest BCUT2D eigenvalue weighted by atomic mass is 10.1. The molecule has 5 rings (SSSR count). The molecule has 0 unspecified atom stereocenters. The van der Waals surface area contributed by atoms with Crippen LogP contribution in [-0.2, 0) is 6.54 Å². The minimum atomic E-state index is 1.01. The molecule has 0 bridgehead atoms. The summed E-state index contributed by atoms with van der Waals surface area (Å²) in [4.78, 5) is 12.5. The fraction of sp³-hybridized carbons (Fsp3) is 0.444. The first kappa shape index (κ1) is 21.1. The van der Waals surface area contributed by atoms with Gasteiger partial charge < -0.3 is 19.3 Å². The second-order valence-electron chi connectivity index (χ2n) is 9.31. The summed E-state index contributed by atoms with van der Waals surface area (Å²) in [5.74, 6) is 1.11. The Balaban J connectivity index is 1.26. The maximum absolute atomic E-state index is 5.11. The van der Waals surface area contributed by atoms with Crippen LogP contribution in [0.4, 0.5) is 11.5 Å².